The Labute approximate surface area is 127 Å². The molecule has 2 rings (SSSR count). The van der Waals surface area contributed by atoms with Gasteiger partial charge in [-0.05, 0) is 25.6 Å². The van der Waals surface area contributed by atoms with Crippen molar-refractivity contribution in [3.05, 3.63) is 18.0 Å². The molecule has 1 aliphatic rings. The van der Waals surface area contributed by atoms with Crippen molar-refractivity contribution in [2.75, 3.05) is 26.2 Å². The van der Waals surface area contributed by atoms with E-state index in [4.69, 9.17) is 0 Å². The summed E-state index contributed by atoms with van der Waals surface area (Å²) in [5, 5.41) is 4.47. The van der Waals surface area contributed by atoms with Crippen LogP contribution in [0.15, 0.2) is 12.3 Å². The zero-order chi connectivity index (χ0) is 15.2. The molecular formula is C16H28N4O. The first-order valence-corrected chi connectivity index (χ1v) is 8.22. The molecule has 5 heteroatoms. The first kappa shape index (κ1) is 16.0. The lowest BCUT2D eigenvalue weighted by Gasteiger charge is -2.36. The van der Waals surface area contributed by atoms with E-state index in [9.17, 15) is 4.79 Å². The van der Waals surface area contributed by atoms with Crippen LogP contribution in [0.3, 0.4) is 0 Å². The molecule has 0 N–H and O–H groups in total. The van der Waals surface area contributed by atoms with Gasteiger partial charge in [-0.2, -0.15) is 5.10 Å². The molecule has 0 saturated carbocycles. The summed E-state index contributed by atoms with van der Waals surface area (Å²) in [6.07, 6.45) is 4.57. The molecule has 0 aliphatic carbocycles. The van der Waals surface area contributed by atoms with E-state index in [-0.39, 0.29) is 11.9 Å². The lowest BCUT2D eigenvalue weighted by Crippen LogP contribution is -2.45. The molecule has 21 heavy (non-hydrogen) atoms. The highest BCUT2D eigenvalue weighted by atomic mass is 16.2. The number of carbonyl (C=O) groups is 1. The van der Waals surface area contributed by atoms with E-state index >= 15 is 0 Å². The number of carbonyl (C=O) groups excluding carboxylic acids is 1. The molecule has 1 aromatic heterocycles. The maximum Gasteiger partial charge on any atom is 0.222 e. The number of unbranched alkanes of at least 4 members (excludes halogenated alkanes) is 1. The van der Waals surface area contributed by atoms with Crippen LogP contribution in [0.1, 0.15) is 51.8 Å². The van der Waals surface area contributed by atoms with Gasteiger partial charge >= 0.3 is 0 Å². The molecule has 0 saturated heterocycles. The molecule has 1 aliphatic heterocycles. The summed E-state index contributed by atoms with van der Waals surface area (Å²) in [7, 11) is 0. The van der Waals surface area contributed by atoms with E-state index in [0.717, 1.165) is 44.7 Å². The molecule has 2 heterocycles. The first-order valence-electron chi connectivity index (χ1n) is 8.22. The van der Waals surface area contributed by atoms with Gasteiger partial charge in [-0.3, -0.25) is 9.48 Å². The summed E-state index contributed by atoms with van der Waals surface area (Å²) in [6, 6.07) is 2.31. The number of rotatable bonds is 7. The van der Waals surface area contributed by atoms with Gasteiger partial charge in [0.2, 0.25) is 5.91 Å². The van der Waals surface area contributed by atoms with Crippen LogP contribution < -0.4 is 0 Å². The van der Waals surface area contributed by atoms with E-state index in [1.807, 2.05) is 17.2 Å². The molecule has 0 bridgehead atoms. The standard InChI is InChI=1S/C16H28N4O/c1-4-7-8-16(21)19-12-14-9-10-17-20(14)15(13-19)11-18(5-2)6-3/h9-10,15H,4-8,11-13H2,1-3H3. The van der Waals surface area contributed by atoms with Crippen LogP contribution >= 0.6 is 0 Å². The van der Waals surface area contributed by atoms with Crippen molar-refractivity contribution in [1.82, 2.24) is 19.6 Å². The van der Waals surface area contributed by atoms with Crippen LogP contribution in [-0.4, -0.2) is 51.7 Å². The van der Waals surface area contributed by atoms with Gasteiger partial charge in [0.1, 0.15) is 0 Å². The molecule has 5 nitrogen and oxygen atoms in total. The van der Waals surface area contributed by atoms with Crippen molar-refractivity contribution in [2.24, 2.45) is 0 Å². The molecule has 1 amide bonds. The first-order chi connectivity index (χ1) is 10.2. The highest BCUT2D eigenvalue weighted by Gasteiger charge is 2.28. The predicted molar refractivity (Wildman–Crippen MR) is 84.0 cm³/mol. The second kappa shape index (κ2) is 7.59. The third-order valence-electron chi connectivity index (χ3n) is 4.34. The molecule has 1 atom stereocenters. The van der Waals surface area contributed by atoms with Crippen molar-refractivity contribution in [1.29, 1.82) is 0 Å². The molecule has 1 unspecified atom stereocenters. The topological polar surface area (TPSA) is 41.4 Å². The number of hydrogen-bond acceptors (Lipinski definition) is 3. The zero-order valence-electron chi connectivity index (χ0n) is 13.6. The lowest BCUT2D eigenvalue weighted by atomic mass is 10.1. The van der Waals surface area contributed by atoms with E-state index in [0.29, 0.717) is 13.0 Å². The fourth-order valence-electron chi connectivity index (χ4n) is 2.98. The van der Waals surface area contributed by atoms with Crippen LogP contribution in [0.5, 0.6) is 0 Å². The Morgan fingerprint density at radius 1 is 1.38 bits per heavy atom. The summed E-state index contributed by atoms with van der Waals surface area (Å²) in [5.74, 6) is 0.286. The quantitative estimate of drug-likeness (QED) is 0.774. The minimum Gasteiger partial charge on any atom is -0.335 e. The summed E-state index contributed by atoms with van der Waals surface area (Å²) < 4.78 is 2.11. The normalized spacial score (nSPS) is 18.1. The van der Waals surface area contributed by atoms with Crippen molar-refractivity contribution in [3.8, 4) is 0 Å². The van der Waals surface area contributed by atoms with Crippen LogP contribution in [0.4, 0.5) is 0 Å². The summed E-state index contributed by atoms with van der Waals surface area (Å²) in [5.41, 5.74) is 1.16. The number of fused-ring (bicyclic) bond motifs is 1. The maximum atomic E-state index is 12.3. The number of likely N-dealkylation sites (N-methyl/N-ethyl adjacent to an activating group) is 1. The van der Waals surface area contributed by atoms with E-state index in [1.54, 1.807) is 0 Å². The number of nitrogens with zero attached hydrogens (tertiary/aromatic N) is 4. The van der Waals surface area contributed by atoms with Gasteiger partial charge in [-0.1, -0.05) is 27.2 Å². The van der Waals surface area contributed by atoms with Crippen LogP contribution in [0, 0.1) is 0 Å². The Morgan fingerprint density at radius 2 is 2.14 bits per heavy atom. The smallest absolute Gasteiger partial charge is 0.222 e. The zero-order valence-corrected chi connectivity index (χ0v) is 13.6. The Hall–Kier alpha value is -1.36. The van der Waals surface area contributed by atoms with E-state index in [2.05, 4.69) is 35.5 Å². The van der Waals surface area contributed by atoms with Crippen molar-refractivity contribution in [3.63, 3.8) is 0 Å². The van der Waals surface area contributed by atoms with Gasteiger partial charge in [0, 0.05) is 25.7 Å². The molecule has 1 aromatic rings. The van der Waals surface area contributed by atoms with Gasteiger partial charge in [0.25, 0.3) is 0 Å². The van der Waals surface area contributed by atoms with Gasteiger partial charge in [0.15, 0.2) is 0 Å². The summed E-state index contributed by atoms with van der Waals surface area (Å²) in [4.78, 5) is 16.8. The SMILES string of the molecule is CCCCC(=O)N1Cc2ccnn2C(CN(CC)CC)C1. The van der Waals surface area contributed by atoms with Gasteiger partial charge in [-0.25, -0.2) is 0 Å². The molecule has 0 spiro atoms. The third kappa shape index (κ3) is 3.84. The molecule has 0 aromatic carbocycles. The number of amides is 1. The second-order valence-corrected chi connectivity index (χ2v) is 5.78. The van der Waals surface area contributed by atoms with Crippen molar-refractivity contribution >= 4 is 5.91 Å². The Morgan fingerprint density at radius 3 is 2.81 bits per heavy atom. The molecular weight excluding hydrogens is 264 g/mol. The Bertz CT molecular complexity index is 453. The average Bonchev–Trinajstić information content (AvgIpc) is 2.98. The molecule has 0 radical (unpaired) electrons. The maximum absolute atomic E-state index is 12.3. The number of hydrogen-bond donors (Lipinski definition) is 0. The van der Waals surface area contributed by atoms with Crippen molar-refractivity contribution in [2.45, 2.75) is 52.6 Å². The van der Waals surface area contributed by atoms with Gasteiger partial charge < -0.3 is 9.80 Å². The van der Waals surface area contributed by atoms with Crippen LogP contribution in [-0.2, 0) is 11.3 Å². The fraction of sp³-hybridized carbons (Fsp3) is 0.750. The summed E-state index contributed by atoms with van der Waals surface area (Å²) >= 11 is 0. The van der Waals surface area contributed by atoms with Crippen LogP contribution in [0.2, 0.25) is 0 Å². The lowest BCUT2D eigenvalue weighted by molar-refractivity contribution is -0.133. The summed E-state index contributed by atoms with van der Waals surface area (Å²) in [6.45, 7) is 11.0. The van der Waals surface area contributed by atoms with E-state index < -0.39 is 0 Å². The minimum absolute atomic E-state index is 0.272. The predicted octanol–water partition coefficient (Wildman–Crippen LogP) is 2.30. The van der Waals surface area contributed by atoms with E-state index in [1.165, 1.54) is 0 Å². The average molecular weight is 292 g/mol. The number of aromatic nitrogens is 2. The molecule has 118 valence electrons. The van der Waals surface area contributed by atoms with Gasteiger partial charge in [0.05, 0.1) is 18.3 Å². The van der Waals surface area contributed by atoms with Gasteiger partial charge in [-0.15, -0.1) is 0 Å². The third-order valence-corrected chi connectivity index (χ3v) is 4.34. The monoisotopic (exact) mass is 292 g/mol. The fourth-order valence-corrected chi connectivity index (χ4v) is 2.98. The van der Waals surface area contributed by atoms with Crippen molar-refractivity contribution < 1.29 is 4.79 Å². The highest BCUT2D eigenvalue weighted by Crippen LogP contribution is 2.22. The molecule has 0 fully saturated rings. The largest absolute Gasteiger partial charge is 0.335 e. The minimum atomic E-state index is 0.272. The van der Waals surface area contributed by atoms with Crippen LogP contribution in [0.25, 0.3) is 0 Å². The second-order valence-electron chi connectivity index (χ2n) is 5.78. The Balaban J connectivity index is 2.08. The Kier molecular flexibility index (Phi) is 5.79. The highest BCUT2D eigenvalue weighted by molar-refractivity contribution is 5.76.